The highest BCUT2D eigenvalue weighted by Gasteiger charge is 2.37. The molecule has 0 saturated heterocycles. The summed E-state index contributed by atoms with van der Waals surface area (Å²) in [6, 6.07) is 8.35. The van der Waals surface area contributed by atoms with Gasteiger partial charge in [-0.1, -0.05) is 12.1 Å². The molecule has 1 aromatic carbocycles. The van der Waals surface area contributed by atoms with Crippen LogP contribution in [0.15, 0.2) is 36.7 Å². The summed E-state index contributed by atoms with van der Waals surface area (Å²) < 4.78 is 1.71. The number of aryl methyl sites for hydroxylation is 1. The molecule has 0 bridgehead atoms. The second-order valence-corrected chi connectivity index (χ2v) is 7.57. The van der Waals surface area contributed by atoms with Crippen molar-refractivity contribution in [1.82, 2.24) is 15.1 Å². The summed E-state index contributed by atoms with van der Waals surface area (Å²) in [6.45, 7) is 2.34. The van der Waals surface area contributed by atoms with Crippen LogP contribution >= 0.6 is 0 Å². The Morgan fingerprint density at radius 3 is 2.72 bits per heavy atom. The molecule has 0 radical (unpaired) electrons. The Labute approximate surface area is 148 Å². The van der Waals surface area contributed by atoms with Gasteiger partial charge in [0.15, 0.2) is 0 Å². The Kier molecular flexibility index (Phi) is 4.57. The van der Waals surface area contributed by atoms with Crippen molar-refractivity contribution in [2.45, 2.75) is 31.6 Å². The lowest BCUT2D eigenvalue weighted by Gasteiger charge is -2.07. The molecule has 1 aromatic heterocycles. The van der Waals surface area contributed by atoms with Gasteiger partial charge in [0, 0.05) is 18.9 Å². The summed E-state index contributed by atoms with van der Waals surface area (Å²) in [5, 5.41) is 10.7. The van der Waals surface area contributed by atoms with E-state index < -0.39 is 0 Å². The van der Waals surface area contributed by atoms with E-state index in [2.05, 4.69) is 27.9 Å². The summed E-state index contributed by atoms with van der Waals surface area (Å²) in [5.74, 6) is 2.41. The number of benzene rings is 1. The molecule has 2 aliphatic rings. The number of amides is 1. The van der Waals surface area contributed by atoms with Gasteiger partial charge in [-0.2, -0.15) is 5.10 Å². The Hall–Kier alpha value is -2.14. The zero-order chi connectivity index (χ0) is 17.2. The van der Waals surface area contributed by atoms with Gasteiger partial charge in [-0.05, 0) is 73.4 Å². The first kappa shape index (κ1) is 16.3. The Morgan fingerprint density at radius 1 is 1.24 bits per heavy atom. The maximum atomic E-state index is 12.1. The molecule has 2 saturated carbocycles. The zero-order valence-electron chi connectivity index (χ0n) is 14.7. The van der Waals surface area contributed by atoms with Crippen LogP contribution < -0.4 is 10.6 Å². The smallest absolute Gasteiger partial charge is 0.228 e. The molecule has 0 aliphatic heterocycles. The molecular formula is C20H26N4O. The van der Waals surface area contributed by atoms with E-state index in [0.29, 0.717) is 12.3 Å². The normalized spacial score (nSPS) is 22.0. The molecular weight excluding hydrogens is 312 g/mol. The van der Waals surface area contributed by atoms with Crippen LogP contribution in [0, 0.1) is 11.8 Å². The minimum absolute atomic E-state index is 0.00526. The molecule has 2 atom stereocenters. The van der Waals surface area contributed by atoms with E-state index >= 15 is 0 Å². The Bertz CT molecular complexity index is 732. The third kappa shape index (κ3) is 4.48. The fourth-order valence-electron chi connectivity index (χ4n) is 3.44. The molecule has 132 valence electrons. The average molecular weight is 338 g/mol. The van der Waals surface area contributed by atoms with Gasteiger partial charge in [0.1, 0.15) is 0 Å². The average Bonchev–Trinajstić information content (AvgIpc) is 3.50. The Balaban J connectivity index is 1.23. The predicted octanol–water partition coefficient (Wildman–Crippen LogP) is 2.70. The van der Waals surface area contributed by atoms with Crippen LogP contribution in [0.2, 0.25) is 0 Å². The van der Waals surface area contributed by atoms with Crippen molar-refractivity contribution < 1.29 is 4.79 Å². The number of hydrogen-bond acceptors (Lipinski definition) is 3. The molecule has 2 fully saturated rings. The molecule has 5 heteroatoms. The van der Waals surface area contributed by atoms with Crippen molar-refractivity contribution in [3.63, 3.8) is 0 Å². The van der Waals surface area contributed by atoms with Gasteiger partial charge >= 0.3 is 0 Å². The number of carbonyl (C=O) groups excluding carboxylic acids is 1. The maximum absolute atomic E-state index is 12.1. The Morgan fingerprint density at radius 2 is 2.04 bits per heavy atom. The third-order valence-corrected chi connectivity index (χ3v) is 5.20. The largest absolute Gasteiger partial charge is 0.326 e. The van der Waals surface area contributed by atoms with E-state index in [1.165, 1.54) is 31.4 Å². The highest BCUT2D eigenvalue weighted by Crippen LogP contribution is 2.47. The van der Waals surface area contributed by atoms with Gasteiger partial charge < -0.3 is 10.6 Å². The van der Waals surface area contributed by atoms with Gasteiger partial charge in [0.05, 0.1) is 12.6 Å². The number of carbonyl (C=O) groups is 1. The SMILES string of the molecule is Cn1cc(CC(=O)Nc2ccc(C3CC3CNCC3CC3)cc2)cn1. The molecule has 0 spiro atoms. The van der Waals surface area contributed by atoms with E-state index in [4.69, 9.17) is 0 Å². The molecule has 1 heterocycles. The lowest BCUT2D eigenvalue weighted by Crippen LogP contribution is -2.19. The minimum Gasteiger partial charge on any atom is -0.326 e. The fourth-order valence-corrected chi connectivity index (χ4v) is 3.44. The van der Waals surface area contributed by atoms with Gasteiger partial charge in [0.25, 0.3) is 0 Å². The van der Waals surface area contributed by atoms with Crippen LogP contribution in [-0.4, -0.2) is 28.8 Å². The fraction of sp³-hybridized carbons (Fsp3) is 0.500. The first-order valence-electron chi connectivity index (χ1n) is 9.25. The van der Waals surface area contributed by atoms with Crippen LogP contribution in [0.3, 0.4) is 0 Å². The van der Waals surface area contributed by atoms with E-state index in [1.54, 1.807) is 10.9 Å². The second-order valence-electron chi connectivity index (χ2n) is 7.57. The first-order chi connectivity index (χ1) is 12.2. The summed E-state index contributed by atoms with van der Waals surface area (Å²) in [7, 11) is 1.85. The van der Waals surface area contributed by atoms with E-state index in [-0.39, 0.29) is 5.91 Å². The highest BCUT2D eigenvalue weighted by atomic mass is 16.1. The van der Waals surface area contributed by atoms with Gasteiger partial charge in [-0.15, -0.1) is 0 Å². The van der Waals surface area contributed by atoms with E-state index in [0.717, 1.165) is 29.6 Å². The van der Waals surface area contributed by atoms with E-state index in [9.17, 15) is 4.79 Å². The van der Waals surface area contributed by atoms with Crippen molar-refractivity contribution in [3.8, 4) is 0 Å². The summed E-state index contributed by atoms with van der Waals surface area (Å²) in [5.41, 5.74) is 3.18. The maximum Gasteiger partial charge on any atom is 0.228 e. The second kappa shape index (κ2) is 7.00. The molecule has 5 nitrogen and oxygen atoms in total. The summed E-state index contributed by atoms with van der Waals surface area (Å²) >= 11 is 0. The van der Waals surface area contributed by atoms with Gasteiger partial charge in [0.2, 0.25) is 5.91 Å². The quantitative estimate of drug-likeness (QED) is 0.778. The summed E-state index contributed by atoms with van der Waals surface area (Å²) in [4.78, 5) is 12.1. The van der Waals surface area contributed by atoms with Crippen LogP contribution in [0.5, 0.6) is 0 Å². The molecule has 2 aromatic rings. The van der Waals surface area contributed by atoms with Gasteiger partial charge in [-0.3, -0.25) is 9.48 Å². The monoisotopic (exact) mass is 338 g/mol. The van der Waals surface area contributed by atoms with Crippen LogP contribution in [0.4, 0.5) is 5.69 Å². The number of nitrogens with one attached hydrogen (secondary N) is 2. The molecule has 2 aliphatic carbocycles. The lowest BCUT2D eigenvalue weighted by atomic mass is 10.1. The topological polar surface area (TPSA) is 59.0 Å². The lowest BCUT2D eigenvalue weighted by molar-refractivity contribution is -0.115. The van der Waals surface area contributed by atoms with Crippen molar-refractivity contribution in [3.05, 3.63) is 47.8 Å². The van der Waals surface area contributed by atoms with Crippen molar-refractivity contribution in [2.24, 2.45) is 18.9 Å². The van der Waals surface area contributed by atoms with Crippen molar-refractivity contribution in [2.75, 3.05) is 18.4 Å². The first-order valence-corrected chi connectivity index (χ1v) is 9.25. The van der Waals surface area contributed by atoms with Crippen molar-refractivity contribution in [1.29, 1.82) is 0 Å². The van der Waals surface area contributed by atoms with Crippen molar-refractivity contribution >= 4 is 11.6 Å². The minimum atomic E-state index is -0.00526. The molecule has 25 heavy (non-hydrogen) atoms. The van der Waals surface area contributed by atoms with Gasteiger partial charge in [-0.25, -0.2) is 0 Å². The van der Waals surface area contributed by atoms with Crippen LogP contribution in [0.1, 0.15) is 36.3 Å². The molecule has 2 unspecified atom stereocenters. The third-order valence-electron chi connectivity index (χ3n) is 5.20. The predicted molar refractivity (Wildman–Crippen MR) is 98.4 cm³/mol. The number of nitrogens with zero attached hydrogens (tertiary/aromatic N) is 2. The highest BCUT2D eigenvalue weighted by molar-refractivity contribution is 5.92. The number of hydrogen-bond donors (Lipinski definition) is 2. The molecule has 4 rings (SSSR count). The van der Waals surface area contributed by atoms with Crippen LogP contribution in [0.25, 0.3) is 0 Å². The number of aromatic nitrogens is 2. The standard InChI is InChI=1S/C20H26N4O/c1-24-13-15(11-22-24)8-20(25)23-18-6-4-16(5-7-18)19-9-17(19)12-21-10-14-2-3-14/h4-7,11,13-14,17,19,21H,2-3,8-10,12H2,1H3,(H,23,25). The molecule has 2 N–H and O–H groups in total. The van der Waals surface area contributed by atoms with Crippen LogP contribution in [-0.2, 0) is 18.3 Å². The molecule has 1 amide bonds. The summed E-state index contributed by atoms with van der Waals surface area (Å²) in [6.07, 6.45) is 8.06. The number of rotatable bonds is 8. The van der Waals surface area contributed by atoms with E-state index in [1.807, 2.05) is 25.4 Å². The number of anilines is 1. The zero-order valence-corrected chi connectivity index (χ0v) is 14.7.